The van der Waals surface area contributed by atoms with E-state index in [9.17, 15) is 14.4 Å². The zero-order chi connectivity index (χ0) is 34.9. The first kappa shape index (κ1) is 40.7. The van der Waals surface area contributed by atoms with Crippen molar-refractivity contribution in [2.45, 2.75) is 71.9 Å². The number of pyridine rings is 1. The van der Waals surface area contributed by atoms with E-state index in [1.165, 1.54) is 4.90 Å². The number of esters is 1. The van der Waals surface area contributed by atoms with Crippen LogP contribution in [0, 0.1) is 5.41 Å². The molecule has 0 spiro atoms. The minimum absolute atomic E-state index is 0. The number of hydrogen-bond acceptors (Lipinski definition) is 10. The normalized spacial score (nSPS) is 15.7. The third kappa shape index (κ3) is 12.8. The number of carbonyl (C=O) groups excluding carboxylic acids is 3. The van der Waals surface area contributed by atoms with Crippen LogP contribution in [0.5, 0.6) is 0 Å². The van der Waals surface area contributed by atoms with Crippen LogP contribution in [-0.2, 0) is 19.1 Å². The van der Waals surface area contributed by atoms with Crippen LogP contribution in [0.3, 0.4) is 0 Å². The predicted molar refractivity (Wildman–Crippen MR) is 200 cm³/mol. The fraction of sp³-hybridized carbons (Fsp3) is 0.444. The Labute approximate surface area is 300 Å². The summed E-state index contributed by atoms with van der Waals surface area (Å²) in [6, 6.07) is 12.8. The van der Waals surface area contributed by atoms with Crippen LogP contribution >= 0.6 is 17.0 Å². The van der Waals surface area contributed by atoms with Crippen LogP contribution in [0.25, 0.3) is 0 Å². The molecule has 2 aromatic rings. The second-order valence-electron chi connectivity index (χ2n) is 11.3. The van der Waals surface area contributed by atoms with Gasteiger partial charge in [-0.05, 0) is 69.7 Å². The first-order valence-corrected chi connectivity index (χ1v) is 16.6. The molecule has 0 saturated carbocycles. The number of likely N-dealkylation sites (N-methyl/N-ethyl adjacent to an activating group) is 1. The number of nitrogens with one attached hydrogen (secondary N) is 3. The zero-order valence-corrected chi connectivity index (χ0v) is 30.8. The average Bonchev–Trinajstić information content (AvgIpc) is 3.37. The number of anilines is 2. The minimum atomic E-state index is -0.563. The van der Waals surface area contributed by atoms with E-state index in [0.717, 1.165) is 43.8 Å². The fourth-order valence-electron chi connectivity index (χ4n) is 5.08. The lowest BCUT2D eigenvalue weighted by molar-refractivity contribution is -0.142. The van der Waals surface area contributed by atoms with Gasteiger partial charge in [-0.25, -0.2) is 9.78 Å². The van der Waals surface area contributed by atoms with Gasteiger partial charge in [0.1, 0.15) is 11.7 Å². The monoisotopic (exact) mass is 739 g/mol. The molecular weight excluding hydrogens is 690 g/mol. The first-order valence-electron chi connectivity index (χ1n) is 16.6. The summed E-state index contributed by atoms with van der Waals surface area (Å²) < 4.78 is 10.0. The molecule has 13 heteroatoms. The van der Waals surface area contributed by atoms with E-state index in [0.29, 0.717) is 30.2 Å². The number of ether oxygens (including phenoxy) is 2. The fourth-order valence-corrected chi connectivity index (χ4v) is 5.08. The zero-order valence-electron chi connectivity index (χ0n) is 29.1. The molecule has 49 heavy (non-hydrogen) atoms. The van der Waals surface area contributed by atoms with Crippen molar-refractivity contribution in [2.75, 3.05) is 43.6 Å². The van der Waals surface area contributed by atoms with Gasteiger partial charge in [0.25, 0.3) is 5.91 Å². The molecule has 1 aliphatic carbocycles. The lowest BCUT2D eigenvalue weighted by Gasteiger charge is -2.27. The van der Waals surface area contributed by atoms with Crippen LogP contribution in [0.15, 0.2) is 77.5 Å². The maximum absolute atomic E-state index is 13.2. The summed E-state index contributed by atoms with van der Waals surface area (Å²) in [5, 5.41) is 13.5. The number of halogens is 1. The number of amides is 2. The van der Waals surface area contributed by atoms with Crippen molar-refractivity contribution in [1.82, 2.24) is 15.2 Å². The number of aromatic nitrogens is 1. The number of alkyl carbamates (subject to hydrolysis) is 1. The van der Waals surface area contributed by atoms with Crippen LogP contribution in [0.1, 0.15) is 65.4 Å². The van der Waals surface area contributed by atoms with Gasteiger partial charge in [-0.15, -0.1) is 17.0 Å². The Hall–Kier alpha value is -4.52. The second kappa shape index (κ2) is 21.5. The molecule has 0 radical (unpaired) electrons. The van der Waals surface area contributed by atoms with Gasteiger partial charge < -0.3 is 19.7 Å². The molecule has 0 bridgehead atoms. The Balaban J connectivity index is 0.000000345. The molecule has 2 heterocycles. The Bertz CT molecular complexity index is 1460. The number of nitrogens with zero attached hydrogens (tertiary/aromatic N) is 4. The number of carbonyl (C=O) groups is 3. The van der Waals surface area contributed by atoms with Crippen LogP contribution < -0.4 is 15.5 Å². The first-order chi connectivity index (χ1) is 23.2. The van der Waals surface area contributed by atoms with E-state index in [1.54, 1.807) is 37.4 Å². The maximum atomic E-state index is 13.2. The Morgan fingerprint density at radius 3 is 2.43 bits per heavy atom. The quantitative estimate of drug-likeness (QED) is 0.0886. The number of fused-ring (bicyclic) bond motifs is 1. The van der Waals surface area contributed by atoms with Gasteiger partial charge in [0, 0.05) is 43.2 Å². The summed E-state index contributed by atoms with van der Waals surface area (Å²) >= 11 is 0. The van der Waals surface area contributed by atoms with Crippen LogP contribution in [-0.4, -0.2) is 85.0 Å². The van der Waals surface area contributed by atoms with Gasteiger partial charge in [0.05, 0.1) is 37.6 Å². The highest BCUT2D eigenvalue weighted by Crippen LogP contribution is 2.26. The second-order valence-corrected chi connectivity index (χ2v) is 11.3. The van der Waals surface area contributed by atoms with E-state index in [4.69, 9.17) is 14.9 Å². The highest BCUT2D eigenvalue weighted by molar-refractivity contribution is 8.93. The minimum Gasteiger partial charge on any atom is -0.466 e. The van der Waals surface area contributed by atoms with Gasteiger partial charge >= 0.3 is 12.1 Å². The molecule has 266 valence electrons. The van der Waals surface area contributed by atoms with Gasteiger partial charge in [0.2, 0.25) is 0 Å². The van der Waals surface area contributed by atoms with E-state index in [1.807, 2.05) is 57.3 Å². The van der Waals surface area contributed by atoms with Crippen molar-refractivity contribution in [3.63, 3.8) is 0 Å². The van der Waals surface area contributed by atoms with E-state index < -0.39 is 6.09 Å². The molecular formula is C36H50BrN7O5. The number of amidine groups is 2. The van der Waals surface area contributed by atoms with Gasteiger partial charge in [0.15, 0.2) is 0 Å². The lowest BCUT2D eigenvalue weighted by Crippen LogP contribution is -2.38. The number of unbranched alkanes of at least 4 members (excludes halogenated alkanes) is 3. The number of benzene rings is 1. The Kier molecular flexibility index (Phi) is 17.8. The molecule has 2 aliphatic rings. The number of hydrogen-bond donors (Lipinski definition) is 3. The lowest BCUT2D eigenvalue weighted by atomic mass is 9.97. The van der Waals surface area contributed by atoms with Crippen molar-refractivity contribution in [2.24, 2.45) is 4.99 Å². The topological polar surface area (TPSA) is 149 Å². The number of aliphatic imine (C=N–C) groups is 1. The third-order valence-corrected chi connectivity index (χ3v) is 7.74. The van der Waals surface area contributed by atoms with Crippen molar-refractivity contribution >= 4 is 58.1 Å². The van der Waals surface area contributed by atoms with Gasteiger partial charge in [-0.1, -0.05) is 44.4 Å². The summed E-state index contributed by atoms with van der Waals surface area (Å²) in [7, 11) is 1.99. The van der Waals surface area contributed by atoms with E-state index in [-0.39, 0.29) is 59.7 Å². The molecule has 2 unspecified atom stereocenters. The summed E-state index contributed by atoms with van der Waals surface area (Å²) in [6.07, 6.45) is 11.1. The summed E-state index contributed by atoms with van der Waals surface area (Å²) in [4.78, 5) is 49.0. The highest BCUT2D eigenvalue weighted by atomic mass is 79.9. The van der Waals surface area contributed by atoms with Crippen LogP contribution in [0.2, 0.25) is 0 Å². The molecule has 1 aliphatic heterocycles. The molecule has 2 amide bonds. The smallest absolute Gasteiger partial charge is 0.412 e. The van der Waals surface area contributed by atoms with Gasteiger partial charge in [-0.2, -0.15) is 0 Å². The number of rotatable bonds is 14. The molecule has 3 N–H and O–H groups in total. The molecule has 12 nitrogen and oxygen atoms in total. The van der Waals surface area contributed by atoms with Gasteiger partial charge in [-0.3, -0.25) is 30.2 Å². The molecule has 0 fully saturated rings. The van der Waals surface area contributed by atoms with Crippen molar-refractivity contribution < 1.29 is 23.9 Å². The SMILES string of the molecule is Br.CCCCCCOC(=O)NC(=N)c1ccc(NCC)cc1.CCOC(=O)CCN(C(=O)C1=CC2N=C(C)N(C)C2C=C1)c1ccccn1. The molecule has 0 saturated heterocycles. The summed E-state index contributed by atoms with van der Waals surface area (Å²) in [5.41, 5.74) is 2.20. The van der Waals surface area contributed by atoms with Crippen molar-refractivity contribution in [3.8, 4) is 0 Å². The molecule has 2 atom stereocenters. The molecule has 4 rings (SSSR count). The Morgan fingerprint density at radius 1 is 1.02 bits per heavy atom. The molecule has 1 aromatic carbocycles. The highest BCUT2D eigenvalue weighted by Gasteiger charge is 2.33. The standard InChI is InChI=1S/C20H24N4O3.C16H25N3O2.BrH/c1-4-27-19(25)10-12-24(18-7-5-6-11-21-18)20(26)15-8-9-17-16(13-15)22-14(2)23(17)3;1-3-5-6-7-12-21-16(20)19-15(17)13-8-10-14(11-9-13)18-4-2;/h5-9,11,13,16-17H,4,10,12H2,1-3H3;8-11,18H,3-7,12H2,1-2H3,(H2,17,19,20);1H. The summed E-state index contributed by atoms with van der Waals surface area (Å²) in [6.45, 7) is 9.65. The van der Waals surface area contributed by atoms with Crippen molar-refractivity contribution in [1.29, 1.82) is 5.41 Å². The van der Waals surface area contributed by atoms with Crippen molar-refractivity contribution in [3.05, 3.63) is 78.0 Å². The average molecular weight is 741 g/mol. The largest absolute Gasteiger partial charge is 0.466 e. The van der Waals surface area contributed by atoms with Crippen LogP contribution in [0.4, 0.5) is 16.3 Å². The van der Waals surface area contributed by atoms with E-state index >= 15 is 0 Å². The Morgan fingerprint density at radius 2 is 1.78 bits per heavy atom. The predicted octanol–water partition coefficient (Wildman–Crippen LogP) is 6.29. The summed E-state index contributed by atoms with van der Waals surface area (Å²) in [5.74, 6) is 0.971. The molecule has 1 aromatic heterocycles. The maximum Gasteiger partial charge on any atom is 0.412 e. The van der Waals surface area contributed by atoms with E-state index in [2.05, 4.69) is 32.4 Å². The third-order valence-electron chi connectivity index (χ3n) is 7.74.